The quantitative estimate of drug-likeness (QED) is 0.817. The lowest BCUT2D eigenvalue weighted by Crippen LogP contribution is -2.54. The van der Waals surface area contributed by atoms with Crippen molar-refractivity contribution < 1.29 is 9.53 Å². The van der Waals surface area contributed by atoms with Crippen LogP contribution in [0.4, 0.5) is 0 Å². The summed E-state index contributed by atoms with van der Waals surface area (Å²) in [5.74, 6) is 1.67. The molecule has 1 N–H and O–H groups in total. The van der Waals surface area contributed by atoms with Gasteiger partial charge in [-0.3, -0.25) is 4.79 Å². The molecule has 0 aliphatic carbocycles. The van der Waals surface area contributed by atoms with E-state index < -0.39 is 0 Å². The monoisotopic (exact) mass is 290 g/mol. The van der Waals surface area contributed by atoms with Crippen molar-refractivity contribution in [2.24, 2.45) is 5.92 Å². The van der Waals surface area contributed by atoms with E-state index >= 15 is 0 Å². The predicted molar refractivity (Wildman–Crippen MR) is 84.4 cm³/mol. The first kappa shape index (κ1) is 15.8. The number of benzene rings is 1. The van der Waals surface area contributed by atoms with Crippen molar-refractivity contribution in [3.8, 4) is 5.75 Å². The number of para-hydroxylation sites is 1. The van der Waals surface area contributed by atoms with Crippen molar-refractivity contribution in [3.63, 3.8) is 0 Å². The Morgan fingerprint density at radius 2 is 2.14 bits per heavy atom. The van der Waals surface area contributed by atoms with E-state index in [2.05, 4.69) is 19.2 Å². The van der Waals surface area contributed by atoms with E-state index in [-0.39, 0.29) is 5.91 Å². The van der Waals surface area contributed by atoms with Crippen LogP contribution in [0.1, 0.15) is 26.7 Å². The molecule has 1 aromatic rings. The number of hydrogen-bond acceptors (Lipinski definition) is 3. The van der Waals surface area contributed by atoms with Gasteiger partial charge in [-0.15, -0.1) is 0 Å². The molecule has 2 rings (SSSR count). The van der Waals surface area contributed by atoms with E-state index in [1.54, 1.807) is 0 Å². The number of amides is 1. The van der Waals surface area contributed by atoms with E-state index in [1.165, 1.54) is 0 Å². The van der Waals surface area contributed by atoms with Gasteiger partial charge >= 0.3 is 0 Å². The number of rotatable bonds is 6. The minimum absolute atomic E-state index is 0.249. The third kappa shape index (κ3) is 5.05. The van der Waals surface area contributed by atoms with Crippen molar-refractivity contribution in [1.29, 1.82) is 0 Å². The summed E-state index contributed by atoms with van der Waals surface area (Å²) < 4.78 is 5.62. The van der Waals surface area contributed by atoms with Crippen LogP contribution in [0.25, 0.3) is 0 Å². The van der Waals surface area contributed by atoms with Gasteiger partial charge in [-0.25, -0.2) is 0 Å². The van der Waals surface area contributed by atoms with Crippen molar-refractivity contribution >= 4 is 5.91 Å². The van der Waals surface area contributed by atoms with Gasteiger partial charge < -0.3 is 15.0 Å². The van der Waals surface area contributed by atoms with Gasteiger partial charge in [-0.1, -0.05) is 32.0 Å². The van der Waals surface area contributed by atoms with Crippen LogP contribution in [0.5, 0.6) is 5.75 Å². The smallest absolute Gasteiger partial charge is 0.222 e. The summed E-state index contributed by atoms with van der Waals surface area (Å²) >= 11 is 0. The Morgan fingerprint density at radius 1 is 1.38 bits per heavy atom. The highest BCUT2D eigenvalue weighted by molar-refractivity contribution is 5.76. The van der Waals surface area contributed by atoms with E-state index in [1.807, 2.05) is 35.2 Å². The lowest BCUT2D eigenvalue weighted by atomic mass is 10.0. The van der Waals surface area contributed by atoms with Crippen LogP contribution in [-0.4, -0.2) is 43.1 Å². The molecule has 1 aliphatic rings. The van der Waals surface area contributed by atoms with Crippen molar-refractivity contribution in [2.75, 3.05) is 26.2 Å². The van der Waals surface area contributed by atoms with E-state index in [0.717, 1.165) is 31.8 Å². The summed E-state index contributed by atoms with van der Waals surface area (Å²) in [4.78, 5) is 14.2. The minimum Gasteiger partial charge on any atom is -0.494 e. The average molecular weight is 290 g/mol. The predicted octanol–water partition coefficient (Wildman–Crippen LogP) is 2.30. The summed E-state index contributed by atoms with van der Waals surface area (Å²) in [6.07, 6.45) is 1.33. The molecule has 0 spiro atoms. The molecular weight excluding hydrogens is 264 g/mol. The number of piperazine rings is 1. The number of carbonyl (C=O) groups is 1. The van der Waals surface area contributed by atoms with Crippen molar-refractivity contribution in [2.45, 2.75) is 32.7 Å². The zero-order chi connectivity index (χ0) is 15.1. The first-order chi connectivity index (χ1) is 10.2. The molecule has 4 nitrogen and oxygen atoms in total. The third-order valence-electron chi connectivity index (χ3n) is 3.91. The standard InChI is InChI=1S/C17H26N2O2/c1-14(2)16-13-19(11-10-18-16)17(20)9-6-12-21-15-7-4-3-5-8-15/h3-5,7-8,14,16,18H,6,9-13H2,1-2H3. The fourth-order valence-electron chi connectivity index (χ4n) is 2.54. The van der Waals surface area contributed by atoms with Crippen LogP contribution in [0, 0.1) is 5.92 Å². The van der Waals surface area contributed by atoms with Crippen LogP contribution in [0.3, 0.4) is 0 Å². The molecule has 0 radical (unpaired) electrons. The molecule has 1 amide bonds. The molecule has 1 aliphatic heterocycles. The van der Waals surface area contributed by atoms with Crippen LogP contribution in [0.15, 0.2) is 30.3 Å². The maximum Gasteiger partial charge on any atom is 0.222 e. The van der Waals surface area contributed by atoms with Gasteiger partial charge in [0.2, 0.25) is 5.91 Å². The lowest BCUT2D eigenvalue weighted by Gasteiger charge is -2.35. The molecule has 1 unspecified atom stereocenters. The van der Waals surface area contributed by atoms with Gasteiger partial charge in [0, 0.05) is 32.1 Å². The third-order valence-corrected chi connectivity index (χ3v) is 3.91. The SMILES string of the molecule is CC(C)C1CN(C(=O)CCCOc2ccccc2)CCN1. The van der Waals surface area contributed by atoms with Crippen molar-refractivity contribution in [1.82, 2.24) is 10.2 Å². The Labute approximate surface area is 127 Å². The zero-order valence-electron chi connectivity index (χ0n) is 13.0. The highest BCUT2D eigenvalue weighted by atomic mass is 16.5. The number of ether oxygens (including phenoxy) is 1. The molecule has 116 valence electrons. The van der Waals surface area contributed by atoms with Gasteiger partial charge in [0.1, 0.15) is 5.75 Å². The number of nitrogens with zero attached hydrogens (tertiary/aromatic N) is 1. The minimum atomic E-state index is 0.249. The molecule has 1 saturated heterocycles. The van der Waals surface area contributed by atoms with Crippen LogP contribution >= 0.6 is 0 Å². The topological polar surface area (TPSA) is 41.6 Å². The first-order valence-electron chi connectivity index (χ1n) is 7.86. The first-order valence-corrected chi connectivity index (χ1v) is 7.86. The summed E-state index contributed by atoms with van der Waals surface area (Å²) in [6.45, 7) is 7.53. The molecule has 1 atom stereocenters. The van der Waals surface area contributed by atoms with E-state index in [9.17, 15) is 4.79 Å². The second-order valence-electron chi connectivity index (χ2n) is 5.91. The van der Waals surface area contributed by atoms with Crippen molar-refractivity contribution in [3.05, 3.63) is 30.3 Å². The molecule has 1 aromatic carbocycles. The molecule has 1 heterocycles. The second kappa shape index (κ2) is 8.03. The Hall–Kier alpha value is -1.55. The summed E-state index contributed by atoms with van der Waals surface area (Å²) in [5.41, 5.74) is 0. The van der Waals surface area contributed by atoms with Crippen LogP contribution in [-0.2, 0) is 4.79 Å². The Kier molecular flexibility index (Phi) is 6.05. The number of hydrogen-bond donors (Lipinski definition) is 1. The normalized spacial score (nSPS) is 18.8. The van der Waals surface area contributed by atoms with E-state index in [4.69, 9.17) is 4.74 Å². The maximum absolute atomic E-state index is 12.2. The van der Waals surface area contributed by atoms with Gasteiger partial charge in [0.15, 0.2) is 0 Å². The largest absolute Gasteiger partial charge is 0.494 e. The fraction of sp³-hybridized carbons (Fsp3) is 0.588. The second-order valence-corrected chi connectivity index (χ2v) is 5.91. The highest BCUT2D eigenvalue weighted by Gasteiger charge is 2.24. The Bertz CT molecular complexity index is 434. The van der Waals surface area contributed by atoms with Gasteiger partial charge in [0.05, 0.1) is 6.61 Å². The van der Waals surface area contributed by atoms with Gasteiger partial charge in [0.25, 0.3) is 0 Å². The van der Waals surface area contributed by atoms with Gasteiger partial charge in [-0.2, -0.15) is 0 Å². The lowest BCUT2D eigenvalue weighted by molar-refractivity contribution is -0.132. The summed E-state index contributed by atoms with van der Waals surface area (Å²) in [6, 6.07) is 10.2. The Morgan fingerprint density at radius 3 is 2.86 bits per heavy atom. The molecule has 1 fully saturated rings. The number of nitrogens with one attached hydrogen (secondary N) is 1. The Balaban J connectivity index is 1.67. The summed E-state index contributed by atoms with van der Waals surface area (Å²) in [5, 5.41) is 3.47. The van der Waals surface area contributed by atoms with Gasteiger partial charge in [-0.05, 0) is 24.5 Å². The van der Waals surface area contributed by atoms with E-state index in [0.29, 0.717) is 25.0 Å². The van der Waals surface area contributed by atoms with Crippen LogP contribution in [0.2, 0.25) is 0 Å². The molecule has 4 heteroatoms. The zero-order valence-corrected chi connectivity index (χ0v) is 13.0. The molecule has 0 saturated carbocycles. The average Bonchev–Trinajstić information content (AvgIpc) is 2.52. The summed E-state index contributed by atoms with van der Waals surface area (Å²) in [7, 11) is 0. The molecular formula is C17H26N2O2. The molecule has 0 aromatic heterocycles. The fourth-order valence-corrected chi connectivity index (χ4v) is 2.54. The number of carbonyl (C=O) groups excluding carboxylic acids is 1. The van der Waals surface area contributed by atoms with Crippen LogP contribution < -0.4 is 10.1 Å². The maximum atomic E-state index is 12.2. The highest BCUT2D eigenvalue weighted by Crippen LogP contribution is 2.11. The molecule has 21 heavy (non-hydrogen) atoms. The molecule has 0 bridgehead atoms.